The number of hydrogen-bond acceptors (Lipinski definition) is 3. The van der Waals surface area contributed by atoms with Crippen molar-refractivity contribution in [3.8, 4) is 0 Å². The summed E-state index contributed by atoms with van der Waals surface area (Å²) in [5.74, 6) is -0.254. The van der Waals surface area contributed by atoms with Crippen LogP contribution >= 0.6 is 0 Å². The minimum Gasteiger partial charge on any atom is -0.383 e. The lowest BCUT2D eigenvalue weighted by molar-refractivity contribution is -0.385. The van der Waals surface area contributed by atoms with E-state index < -0.39 is 0 Å². The Hall–Kier alpha value is -1.75. The van der Waals surface area contributed by atoms with Crippen molar-refractivity contribution in [3.05, 3.63) is 29.6 Å². The molecule has 2 N–H and O–H groups in total. The van der Waals surface area contributed by atoms with Crippen LogP contribution in [0.3, 0.4) is 0 Å². The first kappa shape index (κ1) is 11.3. The number of amides is 1. The normalized spacial score (nSPS) is 9.67. The lowest BCUT2D eigenvalue weighted by Gasteiger charge is -2.00. The van der Waals surface area contributed by atoms with Gasteiger partial charge >= 0.3 is 5.91 Å². The monoisotopic (exact) mass is 209 g/mol. The summed E-state index contributed by atoms with van der Waals surface area (Å²) in [5.41, 5.74) is 0.727. The molecule has 80 valence electrons. The average molecular weight is 209 g/mol. The van der Waals surface area contributed by atoms with Crippen LogP contribution < -0.4 is 10.3 Å². The van der Waals surface area contributed by atoms with Crippen LogP contribution in [0.5, 0.6) is 0 Å². The Kier molecular flexibility index (Phi) is 4.43. The van der Waals surface area contributed by atoms with E-state index in [1.54, 1.807) is 25.3 Å². The van der Waals surface area contributed by atoms with Crippen molar-refractivity contribution in [2.24, 2.45) is 0 Å². The minimum absolute atomic E-state index is 0.254. The molecular weight excluding hydrogens is 196 g/mol. The van der Waals surface area contributed by atoms with Gasteiger partial charge < -0.3 is 10.1 Å². The molecular formula is C10H13N2O3+. The van der Waals surface area contributed by atoms with Gasteiger partial charge in [-0.25, -0.2) is 0 Å². The SMILES string of the molecule is COCCNC(=O)c1cccc(C=O)[nH+]1. The van der Waals surface area contributed by atoms with Crippen molar-refractivity contribution in [1.29, 1.82) is 0 Å². The lowest BCUT2D eigenvalue weighted by Crippen LogP contribution is -2.33. The summed E-state index contributed by atoms with van der Waals surface area (Å²) >= 11 is 0. The molecule has 1 amide bonds. The van der Waals surface area contributed by atoms with Crippen LogP contribution in [0.2, 0.25) is 0 Å². The molecule has 0 spiro atoms. The van der Waals surface area contributed by atoms with Gasteiger partial charge in [-0.3, -0.25) is 9.59 Å². The zero-order valence-electron chi connectivity index (χ0n) is 8.45. The highest BCUT2D eigenvalue weighted by Crippen LogP contribution is 1.91. The summed E-state index contributed by atoms with van der Waals surface area (Å²) in [6, 6.07) is 4.85. The first-order valence-corrected chi connectivity index (χ1v) is 4.52. The first-order chi connectivity index (χ1) is 7.27. The summed E-state index contributed by atoms with van der Waals surface area (Å²) in [7, 11) is 1.56. The van der Waals surface area contributed by atoms with Gasteiger partial charge in [-0.1, -0.05) is 0 Å². The summed E-state index contributed by atoms with van der Waals surface area (Å²) in [6.07, 6.45) is 0.659. The van der Waals surface area contributed by atoms with Crippen molar-refractivity contribution in [2.45, 2.75) is 0 Å². The quantitative estimate of drug-likeness (QED) is 0.534. The van der Waals surface area contributed by atoms with E-state index in [2.05, 4.69) is 10.3 Å². The van der Waals surface area contributed by atoms with Gasteiger partial charge in [0.15, 0.2) is 0 Å². The van der Waals surface area contributed by atoms with E-state index in [0.717, 1.165) is 0 Å². The van der Waals surface area contributed by atoms with E-state index >= 15 is 0 Å². The maximum atomic E-state index is 11.5. The van der Waals surface area contributed by atoms with Gasteiger partial charge in [0.2, 0.25) is 12.0 Å². The topological polar surface area (TPSA) is 69.5 Å². The van der Waals surface area contributed by atoms with Crippen molar-refractivity contribution in [3.63, 3.8) is 0 Å². The molecule has 0 fully saturated rings. The Labute approximate surface area is 87.5 Å². The summed E-state index contributed by atoms with van der Waals surface area (Å²) in [5, 5.41) is 2.64. The highest BCUT2D eigenvalue weighted by molar-refractivity contribution is 5.91. The maximum absolute atomic E-state index is 11.5. The number of aldehydes is 1. The standard InChI is InChI=1S/C10H12N2O3/c1-15-6-5-11-10(14)9-4-2-3-8(7-13)12-9/h2-4,7H,5-6H2,1H3,(H,11,14)/p+1. The molecule has 1 rings (SSSR count). The molecule has 0 saturated carbocycles. The van der Waals surface area contributed by atoms with E-state index in [-0.39, 0.29) is 5.91 Å². The Morgan fingerprint density at radius 3 is 3.07 bits per heavy atom. The Morgan fingerprint density at radius 1 is 1.60 bits per heavy atom. The lowest BCUT2D eigenvalue weighted by atomic mass is 10.3. The molecule has 0 aliphatic heterocycles. The number of methoxy groups -OCH3 is 1. The number of nitrogens with one attached hydrogen (secondary N) is 2. The summed E-state index contributed by atoms with van der Waals surface area (Å²) < 4.78 is 4.79. The van der Waals surface area contributed by atoms with Crippen LogP contribution in [0.15, 0.2) is 18.2 Å². The third kappa shape index (κ3) is 3.47. The Morgan fingerprint density at radius 2 is 2.40 bits per heavy atom. The molecule has 0 bridgehead atoms. The predicted molar refractivity (Wildman–Crippen MR) is 52.6 cm³/mol. The second-order valence-corrected chi connectivity index (χ2v) is 2.89. The zero-order valence-corrected chi connectivity index (χ0v) is 8.45. The van der Waals surface area contributed by atoms with Gasteiger partial charge in [0.05, 0.1) is 6.61 Å². The van der Waals surface area contributed by atoms with Crippen LogP contribution in [-0.2, 0) is 4.74 Å². The molecule has 0 radical (unpaired) electrons. The molecule has 1 aromatic heterocycles. The van der Waals surface area contributed by atoms with Crippen molar-refractivity contribution >= 4 is 12.2 Å². The number of aromatic nitrogens is 1. The number of pyridine rings is 1. The largest absolute Gasteiger partial charge is 0.383 e. The Bertz CT molecular complexity index is 352. The smallest absolute Gasteiger partial charge is 0.316 e. The second kappa shape index (κ2) is 5.87. The predicted octanol–water partition coefficient (Wildman–Crippen LogP) is -0.311. The molecule has 1 aromatic rings. The number of carbonyl (C=O) groups is 2. The van der Waals surface area contributed by atoms with E-state index in [1.165, 1.54) is 0 Å². The highest BCUT2D eigenvalue weighted by atomic mass is 16.5. The van der Waals surface area contributed by atoms with E-state index in [0.29, 0.717) is 30.8 Å². The molecule has 5 nitrogen and oxygen atoms in total. The van der Waals surface area contributed by atoms with Crippen LogP contribution in [-0.4, -0.2) is 32.5 Å². The third-order valence-corrected chi connectivity index (χ3v) is 1.78. The fraction of sp³-hybridized carbons (Fsp3) is 0.300. The number of rotatable bonds is 5. The van der Waals surface area contributed by atoms with Gasteiger partial charge in [-0.15, -0.1) is 0 Å². The van der Waals surface area contributed by atoms with Crippen molar-refractivity contribution in [1.82, 2.24) is 5.32 Å². The fourth-order valence-corrected chi connectivity index (χ4v) is 1.05. The molecule has 0 unspecified atom stereocenters. The molecule has 0 aromatic carbocycles. The van der Waals surface area contributed by atoms with Gasteiger partial charge in [-0.2, -0.15) is 4.98 Å². The van der Waals surface area contributed by atoms with Gasteiger partial charge in [0, 0.05) is 25.8 Å². The minimum atomic E-state index is -0.254. The van der Waals surface area contributed by atoms with Crippen LogP contribution in [0, 0.1) is 0 Å². The molecule has 5 heteroatoms. The Balaban J connectivity index is 2.61. The summed E-state index contributed by atoms with van der Waals surface area (Å²) in [6.45, 7) is 0.896. The fourth-order valence-electron chi connectivity index (χ4n) is 1.05. The molecule has 0 saturated heterocycles. The number of ether oxygens (including phenoxy) is 1. The molecule has 1 heterocycles. The van der Waals surface area contributed by atoms with Gasteiger partial charge in [-0.05, 0) is 6.07 Å². The first-order valence-electron chi connectivity index (χ1n) is 4.52. The van der Waals surface area contributed by atoms with Crippen LogP contribution in [0.1, 0.15) is 21.0 Å². The van der Waals surface area contributed by atoms with E-state index in [1.807, 2.05) is 0 Å². The number of H-pyrrole nitrogens is 1. The number of carbonyl (C=O) groups excluding carboxylic acids is 2. The van der Waals surface area contributed by atoms with E-state index in [4.69, 9.17) is 4.74 Å². The molecule has 0 aliphatic carbocycles. The van der Waals surface area contributed by atoms with E-state index in [9.17, 15) is 9.59 Å². The molecule has 0 aliphatic rings. The molecule has 0 atom stereocenters. The van der Waals surface area contributed by atoms with Crippen molar-refractivity contribution in [2.75, 3.05) is 20.3 Å². The van der Waals surface area contributed by atoms with Crippen molar-refractivity contribution < 1.29 is 19.3 Å². The van der Waals surface area contributed by atoms with Crippen LogP contribution in [0.4, 0.5) is 0 Å². The van der Waals surface area contributed by atoms with Gasteiger partial charge in [0.25, 0.3) is 5.69 Å². The summed E-state index contributed by atoms with van der Waals surface area (Å²) in [4.78, 5) is 24.6. The highest BCUT2D eigenvalue weighted by Gasteiger charge is 2.13. The average Bonchev–Trinajstić information content (AvgIpc) is 2.29. The van der Waals surface area contributed by atoms with Gasteiger partial charge in [0.1, 0.15) is 0 Å². The molecule has 15 heavy (non-hydrogen) atoms. The third-order valence-electron chi connectivity index (χ3n) is 1.78. The maximum Gasteiger partial charge on any atom is 0.316 e. The number of aromatic amines is 1. The zero-order chi connectivity index (χ0) is 11.1. The second-order valence-electron chi connectivity index (χ2n) is 2.89. The number of hydrogen-bond donors (Lipinski definition) is 1. The van der Waals surface area contributed by atoms with Crippen LogP contribution in [0.25, 0.3) is 0 Å².